The number of para-hydroxylation sites is 1. The molecule has 13 heteroatoms. The van der Waals surface area contributed by atoms with Gasteiger partial charge in [-0.3, -0.25) is 9.59 Å². The summed E-state index contributed by atoms with van der Waals surface area (Å²) in [5, 5.41) is 16.3. The smallest absolute Gasteiger partial charge is 0.273 e. The number of aromatic nitrogens is 4. The minimum absolute atomic E-state index is 0.0189. The van der Waals surface area contributed by atoms with Crippen LogP contribution in [0.3, 0.4) is 0 Å². The molecular weight excluding hydrogens is 520 g/mol. The molecule has 1 aromatic carbocycles. The Kier molecular flexibility index (Phi) is 8.38. The fraction of sp³-hybridized carbons (Fsp3) is 0.385. The van der Waals surface area contributed by atoms with E-state index in [1.54, 1.807) is 24.3 Å². The van der Waals surface area contributed by atoms with Crippen molar-refractivity contribution in [1.29, 1.82) is 0 Å². The number of carbonyl (C=O) groups excluding carboxylic acids is 2. The van der Waals surface area contributed by atoms with Crippen molar-refractivity contribution in [3.05, 3.63) is 42.4 Å². The van der Waals surface area contributed by atoms with E-state index in [9.17, 15) is 13.8 Å². The first kappa shape index (κ1) is 27.9. The quantitative estimate of drug-likeness (QED) is 0.341. The van der Waals surface area contributed by atoms with Crippen molar-refractivity contribution >= 4 is 38.7 Å². The van der Waals surface area contributed by atoms with Crippen LogP contribution in [0, 0.1) is 5.92 Å². The molecule has 39 heavy (non-hydrogen) atoms. The van der Waals surface area contributed by atoms with Crippen LogP contribution in [0.2, 0.25) is 0 Å². The van der Waals surface area contributed by atoms with Crippen LogP contribution in [0.5, 0.6) is 5.75 Å². The normalized spacial score (nSPS) is 14.3. The van der Waals surface area contributed by atoms with E-state index in [4.69, 9.17) is 4.74 Å². The number of hydrogen-bond acceptors (Lipinski definition) is 10. The number of methoxy groups -OCH3 is 1. The van der Waals surface area contributed by atoms with Gasteiger partial charge in [0, 0.05) is 43.2 Å². The third-order valence-electron chi connectivity index (χ3n) is 6.09. The first-order chi connectivity index (χ1) is 18.7. The minimum Gasteiger partial charge on any atom is -0.494 e. The number of carbonyl (C=O) groups is 2. The lowest BCUT2D eigenvalue weighted by Gasteiger charge is -2.17. The van der Waals surface area contributed by atoms with E-state index in [2.05, 4.69) is 40.5 Å². The van der Waals surface area contributed by atoms with Gasteiger partial charge in [0.1, 0.15) is 0 Å². The molecular formula is C26H32N8O4S. The van der Waals surface area contributed by atoms with Crippen LogP contribution in [0.15, 0.2) is 45.9 Å². The number of nitrogens with zero attached hydrogens (tertiary/aromatic N) is 5. The monoisotopic (exact) mass is 552 g/mol. The number of anilines is 3. The SMILES string of the molecule is CCN=S(=O)(c1cnc(-c2cccc(Nc3cc(NC(=O)C4CC4)nnc3C(=O)NC)c2OC)nc1)C(C)C. The molecule has 4 rings (SSSR count). The Balaban J connectivity index is 1.70. The van der Waals surface area contributed by atoms with E-state index < -0.39 is 15.6 Å². The first-order valence-corrected chi connectivity index (χ1v) is 14.2. The average Bonchev–Trinajstić information content (AvgIpc) is 3.79. The minimum atomic E-state index is -2.65. The van der Waals surface area contributed by atoms with Crippen molar-refractivity contribution in [2.75, 3.05) is 31.3 Å². The van der Waals surface area contributed by atoms with Crippen LogP contribution in [0.1, 0.15) is 44.1 Å². The van der Waals surface area contributed by atoms with E-state index in [1.807, 2.05) is 20.8 Å². The van der Waals surface area contributed by atoms with Gasteiger partial charge in [-0.1, -0.05) is 6.07 Å². The van der Waals surface area contributed by atoms with Crippen LogP contribution < -0.4 is 20.7 Å². The van der Waals surface area contributed by atoms with Crippen LogP contribution in [0.25, 0.3) is 11.4 Å². The van der Waals surface area contributed by atoms with Crippen molar-refractivity contribution < 1.29 is 18.5 Å². The molecule has 0 spiro atoms. The topological polar surface area (TPSA) is 160 Å². The lowest BCUT2D eigenvalue weighted by atomic mass is 10.1. The highest BCUT2D eigenvalue weighted by atomic mass is 32.2. The summed E-state index contributed by atoms with van der Waals surface area (Å²) in [6, 6.07) is 6.89. The Bertz CT molecular complexity index is 1500. The van der Waals surface area contributed by atoms with E-state index in [0.29, 0.717) is 40.0 Å². The number of ether oxygens (including phenoxy) is 1. The summed E-state index contributed by atoms with van der Waals surface area (Å²) in [5.41, 5.74) is 1.44. The van der Waals surface area contributed by atoms with Gasteiger partial charge in [0.25, 0.3) is 5.91 Å². The highest BCUT2D eigenvalue weighted by molar-refractivity contribution is 7.94. The van der Waals surface area contributed by atoms with Crippen LogP contribution in [-0.2, 0) is 14.5 Å². The van der Waals surface area contributed by atoms with Gasteiger partial charge in [-0.25, -0.2) is 18.5 Å². The fourth-order valence-electron chi connectivity index (χ4n) is 3.88. The Morgan fingerprint density at radius 2 is 1.87 bits per heavy atom. The summed E-state index contributed by atoms with van der Waals surface area (Å²) in [4.78, 5) is 34.2. The van der Waals surface area contributed by atoms with Crippen LogP contribution in [0.4, 0.5) is 17.2 Å². The second-order valence-corrected chi connectivity index (χ2v) is 12.0. The molecule has 0 bridgehead atoms. The molecule has 2 heterocycles. The Hall–Kier alpha value is -4.13. The lowest BCUT2D eigenvalue weighted by Crippen LogP contribution is -2.22. The van der Waals surface area contributed by atoms with Crippen molar-refractivity contribution in [1.82, 2.24) is 25.5 Å². The molecule has 1 atom stereocenters. The van der Waals surface area contributed by atoms with Gasteiger partial charge in [-0.05, 0) is 45.7 Å². The molecule has 1 aliphatic rings. The van der Waals surface area contributed by atoms with E-state index in [0.717, 1.165) is 12.8 Å². The van der Waals surface area contributed by atoms with E-state index >= 15 is 0 Å². The summed E-state index contributed by atoms with van der Waals surface area (Å²) >= 11 is 0. The van der Waals surface area contributed by atoms with Gasteiger partial charge in [0.05, 0.1) is 38.7 Å². The molecule has 1 aliphatic carbocycles. The molecule has 12 nitrogen and oxygen atoms in total. The van der Waals surface area contributed by atoms with Gasteiger partial charge in [-0.2, -0.15) is 0 Å². The zero-order valence-electron chi connectivity index (χ0n) is 22.5. The first-order valence-electron chi connectivity index (χ1n) is 12.6. The molecule has 1 unspecified atom stereocenters. The molecule has 0 radical (unpaired) electrons. The molecule has 0 aliphatic heterocycles. The number of rotatable bonds is 10. The van der Waals surface area contributed by atoms with E-state index in [-0.39, 0.29) is 28.6 Å². The summed E-state index contributed by atoms with van der Waals surface area (Å²) in [6.07, 6.45) is 4.76. The number of benzene rings is 1. The van der Waals surface area contributed by atoms with Gasteiger partial charge < -0.3 is 20.7 Å². The van der Waals surface area contributed by atoms with Crippen molar-refractivity contribution in [3.8, 4) is 17.1 Å². The zero-order chi connectivity index (χ0) is 28.2. The van der Waals surface area contributed by atoms with Crippen molar-refractivity contribution in [3.63, 3.8) is 0 Å². The van der Waals surface area contributed by atoms with Crippen LogP contribution in [-0.4, -0.2) is 62.1 Å². The maximum atomic E-state index is 13.4. The average molecular weight is 553 g/mol. The number of amides is 2. The maximum Gasteiger partial charge on any atom is 0.273 e. The highest BCUT2D eigenvalue weighted by Crippen LogP contribution is 2.37. The van der Waals surface area contributed by atoms with Crippen molar-refractivity contribution in [2.45, 2.75) is 43.8 Å². The molecule has 3 N–H and O–H groups in total. The summed E-state index contributed by atoms with van der Waals surface area (Å²) in [5.74, 6) is 0.396. The van der Waals surface area contributed by atoms with Gasteiger partial charge in [0.2, 0.25) is 5.91 Å². The van der Waals surface area contributed by atoms with Gasteiger partial charge in [0.15, 0.2) is 23.1 Å². The Morgan fingerprint density at radius 3 is 2.46 bits per heavy atom. The van der Waals surface area contributed by atoms with Gasteiger partial charge in [-0.15, -0.1) is 10.2 Å². The predicted octanol–water partition coefficient (Wildman–Crippen LogP) is 3.65. The standard InChI is InChI=1S/C26H32N8O4S/c1-6-30-39(37,15(2)3)17-13-28-24(29-14-17)18-8-7-9-19(23(18)38-5)31-20-12-21(32-25(35)16-10-11-16)33-34-22(20)26(36)27-4/h7-9,12-16H,6,10-11H2,1-5H3,(H,27,36)(H2,31,32,33,35). The molecule has 0 saturated heterocycles. The van der Waals surface area contributed by atoms with Crippen molar-refractivity contribution in [2.24, 2.45) is 10.3 Å². The molecule has 206 valence electrons. The number of hydrogen-bond donors (Lipinski definition) is 3. The fourth-order valence-corrected chi connectivity index (χ4v) is 5.66. The zero-order valence-corrected chi connectivity index (χ0v) is 23.3. The molecule has 3 aromatic rings. The van der Waals surface area contributed by atoms with Crippen LogP contribution >= 0.6 is 0 Å². The maximum absolute atomic E-state index is 13.4. The second kappa shape index (κ2) is 11.7. The Morgan fingerprint density at radius 1 is 1.15 bits per heavy atom. The third-order valence-corrected chi connectivity index (χ3v) is 8.90. The predicted molar refractivity (Wildman–Crippen MR) is 149 cm³/mol. The summed E-state index contributed by atoms with van der Waals surface area (Å²) in [7, 11) is 0.348. The molecule has 2 aromatic heterocycles. The third kappa shape index (κ3) is 5.98. The largest absolute Gasteiger partial charge is 0.494 e. The lowest BCUT2D eigenvalue weighted by molar-refractivity contribution is -0.117. The summed E-state index contributed by atoms with van der Waals surface area (Å²) in [6.45, 7) is 5.99. The molecule has 1 saturated carbocycles. The Labute approximate surface area is 227 Å². The van der Waals surface area contributed by atoms with E-state index in [1.165, 1.54) is 26.6 Å². The highest BCUT2D eigenvalue weighted by Gasteiger charge is 2.30. The molecule has 1 fully saturated rings. The second-order valence-electron chi connectivity index (χ2n) is 9.15. The number of nitrogens with one attached hydrogen (secondary N) is 3. The summed E-state index contributed by atoms with van der Waals surface area (Å²) < 4.78 is 23.5. The van der Waals surface area contributed by atoms with Gasteiger partial charge >= 0.3 is 0 Å². The molecule has 2 amide bonds.